The van der Waals surface area contributed by atoms with Crippen molar-refractivity contribution in [2.75, 3.05) is 23.7 Å². The average Bonchev–Trinajstić information content (AvgIpc) is 2.88. The number of hydrogen-bond donors (Lipinski definition) is 2. The minimum Gasteiger partial charge on any atom is -0.487 e. The van der Waals surface area contributed by atoms with Crippen molar-refractivity contribution < 1.29 is 23.1 Å². The summed E-state index contributed by atoms with van der Waals surface area (Å²) >= 11 is 6.28. The van der Waals surface area contributed by atoms with Crippen molar-refractivity contribution in [1.29, 1.82) is 0 Å². The number of benzene rings is 2. The van der Waals surface area contributed by atoms with Crippen LogP contribution in [0.5, 0.6) is 5.75 Å². The van der Waals surface area contributed by atoms with Gasteiger partial charge in [-0.05, 0) is 97.7 Å². The SMILES string of the molecule is C[C@H]1C/C=C/[C@H](O)[C@@H]2CC[C@H]2CN2CCCCc3cc(Cl)ccc3COc3ccc(cc32)C(=O)NS(=O)(=O)C1. The second kappa shape index (κ2) is 11.9. The number of aliphatic hydroxyl groups is 1. The van der Waals surface area contributed by atoms with Gasteiger partial charge in [0.15, 0.2) is 0 Å². The summed E-state index contributed by atoms with van der Waals surface area (Å²) in [6.45, 7) is 3.67. The zero-order chi connectivity index (χ0) is 27.6. The van der Waals surface area contributed by atoms with Gasteiger partial charge in [-0.15, -0.1) is 0 Å². The molecule has 1 amide bonds. The number of sulfonamides is 1. The van der Waals surface area contributed by atoms with Crippen LogP contribution in [0, 0.1) is 17.8 Å². The number of carbonyl (C=O) groups excluding carboxylic acids is 1. The molecule has 0 aromatic heterocycles. The number of nitrogens with one attached hydrogen (secondary N) is 1. The number of carbonyl (C=O) groups is 1. The van der Waals surface area contributed by atoms with Crippen LogP contribution in [0.1, 0.15) is 60.5 Å². The van der Waals surface area contributed by atoms with Crippen molar-refractivity contribution in [2.45, 2.75) is 58.2 Å². The van der Waals surface area contributed by atoms with Gasteiger partial charge in [0.2, 0.25) is 10.0 Å². The minimum absolute atomic E-state index is 0.147. The maximum Gasteiger partial charge on any atom is 0.264 e. The number of fused-ring (bicyclic) bond motifs is 3. The second-order valence-electron chi connectivity index (χ2n) is 11.3. The highest BCUT2D eigenvalue weighted by Crippen LogP contribution is 2.41. The third-order valence-electron chi connectivity index (χ3n) is 8.23. The molecule has 2 bridgehead atoms. The first-order valence-electron chi connectivity index (χ1n) is 13.9. The lowest BCUT2D eigenvalue weighted by Crippen LogP contribution is -2.43. The molecule has 0 unspecified atom stereocenters. The normalized spacial score (nSPS) is 28.4. The lowest BCUT2D eigenvalue weighted by molar-refractivity contribution is 0.0461. The van der Waals surface area contributed by atoms with E-state index in [0.29, 0.717) is 29.7 Å². The van der Waals surface area contributed by atoms with Crippen LogP contribution in [-0.4, -0.2) is 44.4 Å². The number of ether oxygens (including phenoxy) is 1. The molecule has 9 heteroatoms. The van der Waals surface area contributed by atoms with Gasteiger partial charge < -0.3 is 14.7 Å². The lowest BCUT2D eigenvalue weighted by atomic mass is 9.70. The standard InChI is InChI=1S/C30H37ClN2O5S/c1-20-5-4-7-28(34)26-12-9-23(26)17-33-14-3-2-6-21-15-25(31)11-8-24(21)18-38-29-13-10-22(16-27(29)33)30(35)32-39(36,37)19-20/h4,7-8,10-11,13,15-16,20,23,26,28,34H,2-3,5-6,9,12,14,17-19H2,1H3,(H,32,35)/b7-4+/t20-,23-,26+,28-/m0/s1. The number of aryl methyl sites for hydroxylation is 1. The summed E-state index contributed by atoms with van der Waals surface area (Å²) in [5.41, 5.74) is 3.29. The van der Waals surface area contributed by atoms with Crippen molar-refractivity contribution in [3.63, 3.8) is 0 Å². The first kappa shape index (κ1) is 28.0. The number of anilines is 1. The van der Waals surface area contributed by atoms with Gasteiger partial charge in [0.05, 0.1) is 17.5 Å². The molecule has 210 valence electrons. The molecule has 2 aromatic carbocycles. The van der Waals surface area contributed by atoms with E-state index in [9.17, 15) is 18.3 Å². The quantitative estimate of drug-likeness (QED) is 0.426. The van der Waals surface area contributed by atoms with E-state index in [1.54, 1.807) is 18.2 Å². The number of nitrogens with zero attached hydrogens (tertiary/aromatic N) is 1. The smallest absolute Gasteiger partial charge is 0.264 e. The molecule has 2 aromatic rings. The van der Waals surface area contributed by atoms with Gasteiger partial charge in [-0.25, -0.2) is 13.1 Å². The van der Waals surface area contributed by atoms with Crippen LogP contribution in [0.3, 0.4) is 0 Å². The third-order valence-corrected chi connectivity index (χ3v) is 9.97. The highest BCUT2D eigenvalue weighted by molar-refractivity contribution is 7.90. The molecule has 2 heterocycles. The largest absolute Gasteiger partial charge is 0.487 e. The highest BCUT2D eigenvalue weighted by Gasteiger charge is 2.37. The number of hydrogen-bond acceptors (Lipinski definition) is 6. The Balaban J connectivity index is 1.52. The average molecular weight is 573 g/mol. The number of allylic oxidation sites excluding steroid dienone is 1. The highest BCUT2D eigenvalue weighted by atomic mass is 35.5. The number of rotatable bonds is 0. The van der Waals surface area contributed by atoms with Gasteiger partial charge >= 0.3 is 0 Å². The van der Waals surface area contributed by atoms with E-state index in [1.165, 1.54) is 5.56 Å². The van der Waals surface area contributed by atoms with Crippen molar-refractivity contribution in [3.05, 3.63) is 70.3 Å². The summed E-state index contributed by atoms with van der Waals surface area (Å²) < 4.78 is 34.1. The molecule has 7 nitrogen and oxygen atoms in total. The summed E-state index contributed by atoms with van der Waals surface area (Å²) in [5.74, 6) is 0.0879. The summed E-state index contributed by atoms with van der Waals surface area (Å²) in [4.78, 5) is 15.4. The number of halogens is 1. The van der Waals surface area contributed by atoms with Crippen LogP contribution in [0.15, 0.2) is 48.6 Å². The van der Waals surface area contributed by atoms with Crippen LogP contribution in [-0.2, 0) is 23.1 Å². The van der Waals surface area contributed by atoms with E-state index < -0.39 is 22.0 Å². The summed E-state index contributed by atoms with van der Waals surface area (Å²) in [5, 5.41) is 11.6. The topological polar surface area (TPSA) is 95.9 Å². The van der Waals surface area contributed by atoms with Gasteiger partial charge in [-0.3, -0.25) is 4.79 Å². The Kier molecular flexibility index (Phi) is 8.55. The summed E-state index contributed by atoms with van der Waals surface area (Å²) in [6, 6.07) is 11.0. The van der Waals surface area contributed by atoms with E-state index in [1.807, 2.05) is 37.3 Å². The third kappa shape index (κ3) is 6.79. The van der Waals surface area contributed by atoms with Crippen molar-refractivity contribution >= 4 is 33.2 Å². The van der Waals surface area contributed by atoms with Crippen LogP contribution in [0.25, 0.3) is 0 Å². The Morgan fingerprint density at radius 2 is 1.95 bits per heavy atom. The monoisotopic (exact) mass is 572 g/mol. The molecule has 1 fully saturated rings. The molecule has 1 saturated carbocycles. The lowest BCUT2D eigenvalue weighted by Gasteiger charge is -2.42. The molecular weight excluding hydrogens is 536 g/mol. The van der Waals surface area contributed by atoms with Gasteiger partial charge in [0.1, 0.15) is 12.4 Å². The minimum atomic E-state index is -3.83. The Hall–Kier alpha value is -2.55. The predicted octanol–water partition coefficient (Wildman–Crippen LogP) is 5.10. The van der Waals surface area contributed by atoms with Crippen molar-refractivity contribution in [2.24, 2.45) is 17.8 Å². The fourth-order valence-electron chi connectivity index (χ4n) is 5.91. The Bertz CT molecular complexity index is 1340. The molecule has 3 aliphatic rings. The Morgan fingerprint density at radius 1 is 1.10 bits per heavy atom. The molecule has 0 radical (unpaired) electrons. The van der Waals surface area contributed by atoms with Crippen LogP contribution in [0.4, 0.5) is 5.69 Å². The van der Waals surface area contributed by atoms with Crippen molar-refractivity contribution in [3.8, 4) is 5.75 Å². The molecule has 39 heavy (non-hydrogen) atoms. The summed E-state index contributed by atoms with van der Waals surface area (Å²) in [7, 11) is -3.83. The molecule has 2 aliphatic heterocycles. The van der Waals surface area contributed by atoms with Gasteiger partial charge in [-0.2, -0.15) is 0 Å². The van der Waals surface area contributed by atoms with Crippen LogP contribution in [0.2, 0.25) is 5.02 Å². The van der Waals surface area contributed by atoms with E-state index in [2.05, 4.69) is 9.62 Å². The van der Waals surface area contributed by atoms with Crippen molar-refractivity contribution in [1.82, 2.24) is 4.72 Å². The van der Waals surface area contributed by atoms with Gasteiger partial charge in [0.25, 0.3) is 5.91 Å². The Labute approximate surface area is 236 Å². The molecule has 0 saturated heterocycles. The van der Waals surface area contributed by atoms with Crippen LogP contribution < -0.4 is 14.4 Å². The fraction of sp³-hybridized carbons (Fsp3) is 0.500. The van der Waals surface area contributed by atoms with E-state index in [4.69, 9.17) is 16.3 Å². The van der Waals surface area contributed by atoms with E-state index in [0.717, 1.165) is 56.4 Å². The first-order chi connectivity index (χ1) is 18.7. The molecule has 4 atom stereocenters. The maximum atomic E-state index is 13.1. The molecule has 5 rings (SSSR count). The number of aliphatic hydroxyl groups excluding tert-OH is 1. The summed E-state index contributed by atoms with van der Waals surface area (Å²) in [6.07, 6.45) is 8.40. The molecule has 0 spiro atoms. The number of amides is 1. The maximum absolute atomic E-state index is 13.1. The fourth-order valence-corrected chi connectivity index (χ4v) is 7.47. The zero-order valence-corrected chi connectivity index (χ0v) is 23.9. The Morgan fingerprint density at radius 3 is 2.74 bits per heavy atom. The molecular formula is C30H37ClN2O5S. The molecule has 1 aliphatic carbocycles. The van der Waals surface area contributed by atoms with E-state index in [-0.39, 0.29) is 23.2 Å². The second-order valence-corrected chi connectivity index (χ2v) is 13.5. The molecule has 2 N–H and O–H groups in total. The van der Waals surface area contributed by atoms with Gasteiger partial charge in [-0.1, -0.05) is 36.7 Å². The van der Waals surface area contributed by atoms with E-state index >= 15 is 0 Å². The zero-order valence-electron chi connectivity index (χ0n) is 22.3. The van der Waals surface area contributed by atoms with Crippen LogP contribution >= 0.6 is 11.6 Å². The predicted molar refractivity (Wildman–Crippen MR) is 154 cm³/mol. The first-order valence-corrected chi connectivity index (χ1v) is 15.9. The van der Waals surface area contributed by atoms with Gasteiger partial charge in [0, 0.05) is 23.7 Å².